The van der Waals surface area contributed by atoms with E-state index < -0.39 is 111 Å². The summed E-state index contributed by atoms with van der Waals surface area (Å²) >= 11 is 14.3. The lowest BCUT2D eigenvalue weighted by molar-refractivity contribution is -0.125. The number of benzene rings is 4. The first kappa shape index (κ1) is 35.2. The Morgan fingerprint density at radius 2 is 1.42 bits per heavy atom. The number of carbonyl (C=O) groups excluding carboxylic acids is 4. The average Bonchev–Trinajstić information content (AvgIpc) is 3.48. The summed E-state index contributed by atoms with van der Waals surface area (Å²) in [5, 5.41) is 31.9. The van der Waals surface area contributed by atoms with Crippen LogP contribution in [0.5, 0.6) is 5.75 Å². The topological polar surface area (TPSA) is 135 Å². The number of alkyl halides is 2. The van der Waals surface area contributed by atoms with Gasteiger partial charge in [0, 0.05) is 16.9 Å². The van der Waals surface area contributed by atoms with Crippen molar-refractivity contribution in [3.05, 3.63) is 107 Å². The molecule has 17 heteroatoms. The van der Waals surface area contributed by atoms with E-state index in [1.807, 2.05) is 0 Å². The van der Waals surface area contributed by atoms with Crippen LogP contribution in [0.3, 0.4) is 0 Å². The lowest BCUT2D eigenvalue weighted by atomic mass is 9.56. The summed E-state index contributed by atoms with van der Waals surface area (Å²) in [5.74, 6) is -22.9. The number of hydrogen-bond acceptors (Lipinski definition) is 7. The first-order chi connectivity index (χ1) is 25.1. The highest BCUT2D eigenvalue weighted by Crippen LogP contribution is 2.67. The van der Waals surface area contributed by atoms with Crippen molar-refractivity contribution in [3.8, 4) is 5.75 Å². The van der Waals surface area contributed by atoms with Gasteiger partial charge in [-0.05, 0) is 41.7 Å². The highest BCUT2D eigenvalue weighted by Gasteiger charge is 2.77. The maximum Gasteiger partial charge on any atom is 0.488 e. The third-order valence-electron chi connectivity index (χ3n) is 10.9. The predicted molar refractivity (Wildman–Crippen MR) is 181 cm³/mol. The molecule has 2 heterocycles. The monoisotopic (exact) mass is 770 g/mol. The highest BCUT2D eigenvalue weighted by molar-refractivity contribution is 6.59. The predicted octanol–water partition coefficient (Wildman–Crippen LogP) is 4.69. The maximum atomic E-state index is 15.3. The van der Waals surface area contributed by atoms with Crippen molar-refractivity contribution in [2.45, 2.75) is 28.5 Å². The molecule has 0 aromatic heterocycles. The van der Waals surface area contributed by atoms with Crippen LogP contribution >= 0.6 is 23.2 Å². The van der Waals surface area contributed by atoms with Crippen LogP contribution in [0.4, 0.5) is 33.3 Å². The van der Waals surface area contributed by atoms with E-state index in [-0.39, 0.29) is 39.0 Å². The van der Waals surface area contributed by atoms with Crippen molar-refractivity contribution in [1.82, 2.24) is 0 Å². The molecule has 3 N–H and O–H groups in total. The SMILES string of the molecule is O=C1[C@H]2[C@H](CC=C3[C@H]2C[C@@]2(Cl)C(=O)N(c4c(F)c(F)c(F)c(F)c4F)C(=O)[C@@]2(Cl)[C@H]3c2ccc3ccccc3c2O)C(=O)N1c1cccc(B(O)O)c1. The molecule has 2 aliphatic heterocycles. The van der Waals surface area contributed by atoms with Gasteiger partial charge in [-0.1, -0.05) is 60.2 Å². The molecule has 6 atom stereocenters. The zero-order chi connectivity index (χ0) is 38.0. The molecule has 270 valence electrons. The quantitative estimate of drug-likeness (QED) is 0.0522. The fourth-order valence-corrected chi connectivity index (χ4v) is 9.42. The minimum atomic E-state index is -2.81. The maximum absolute atomic E-state index is 15.3. The summed E-state index contributed by atoms with van der Waals surface area (Å²) in [6.07, 6.45) is 0.651. The smallest absolute Gasteiger partial charge is 0.488 e. The van der Waals surface area contributed by atoms with E-state index in [2.05, 4.69) is 0 Å². The van der Waals surface area contributed by atoms with Crippen LogP contribution in [0.15, 0.2) is 72.3 Å². The number of allylic oxidation sites excluding steroid dienone is 2. The van der Waals surface area contributed by atoms with E-state index in [9.17, 15) is 47.5 Å². The summed E-state index contributed by atoms with van der Waals surface area (Å²) in [4.78, 5) is 52.1. The van der Waals surface area contributed by atoms with E-state index in [1.54, 1.807) is 24.3 Å². The third-order valence-corrected chi connectivity index (χ3v) is 12.3. The van der Waals surface area contributed by atoms with Crippen molar-refractivity contribution < 1.29 is 56.3 Å². The van der Waals surface area contributed by atoms with E-state index in [4.69, 9.17) is 23.2 Å². The number of phenolic OH excluding ortho intramolecular Hbond substituents is 1. The second kappa shape index (κ2) is 11.8. The Hall–Kier alpha value is -4.83. The van der Waals surface area contributed by atoms with Crippen LogP contribution in [0.1, 0.15) is 24.3 Å². The van der Waals surface area contributed by atoms with Crippen LogP contribution in [0, 0.1) is 46.8 Å². The Morgan fingerprint density at radius 3 is 2.09 bits per heavy atom. The van der Waals surface area contributed by atoms with Crippen LogP contribution in [0.2, 0.25) is 0 Å². The van der Waals surface area contributed by atoms with Gasteiger partial charge in [-0.3, -0.25) is 24.1 Å². The molecule has 0 spiro atoms. The summed E-state index contributed by atoms with van der Waals surface area (Å²) in [6.45, 7) is 0. The zero-order valence-electron chi connectivity index (χ0n) is 26.7. The van der Waals surface area contributed by atoms with Crippen molar-refractivity contribution >= 4 is 81.6 Å². The molecular weight excluding hydrogens is 749 g/mol. The number of nitrogens with zero attached hydrogens (tertiary/aromatic N) is 2. The van der Waals surface area contributed by atoms with Crippen molar-refractivity contribution in [1.29, 1.82) is 0 Å². The number of aromatic hydroxyl groups is 1. The average molecular weight is 771 g/mol. The highest BCUT2D eigenvalue weighted by atomic mass is 35.5. The molecule has 53 heavy (non-hydrogen) atoms. The van der Waals surface area contributed by atoms with Gasteiger partial charge in [-0.2, -0.15) is 0 Å². The van der Waals surface area contributed by atoms with Gasteiger partial charge < -0.3 is 15.2 Å². The molecule has 9 nitrogen and oxygen atoms in total. The van der Waals surface area contributed by atoms with Gasteiger partial charge in [-0.25, -0.2) is 26.9 Å². The Kier molecular flexibility index (Phi) is 7.87. The normalized spacial score (nSPS) is 28.0. The second-order valence-electron chi connectivity index (χ2n) is 13.4. The molecule has 4 aliphatic rings. The first-order valence-electron chi connectivity index (χ1n) is 16.1. The molecule has 2 saturated heterocycles. The van der Waals surface area contributed by atoms with Crippen molar-refractivity contribution in [3.63, 3.8) is 0 Å². The number of imide groups is 2. The molecule has 4 aromatic carbocycles. The lowest BCUT2D eigenvalue weighted by Crippen LogP contribution is -2.60. The van der Waals surface area contributed by atoms with Gasteiger partial charge in [0.1, 0.15) is 11.4 Å². The van der Waals surface area contributed by atoms with E-state index in [0.717, 1.165) is 4.90 Å². The fraction of sp³-hybridized carbons (Fsp3) is 0.222. The van der Waals surface area contributed by atoms with E-state index in [1.165, 1.54) is 42.5 Å². The number of fused-ring (bicyclic) bond motifs is 5. The molecule has 4 amide bonds. The third kappa shape index (κ3) is 4.51. The molecule has 0 bridgehead atoms. The molecule has 2 aliphatic carbocycles. The minimum Gasteiger partial charge on any atom is -0.507 e. The van der Waals surface area contributed by atoms with Crippen LogP contribution in [0.25, 0.3) is 10.8 Å². The van der Waals surface area contributed by atoms with Gasteiger partial charge in [0.15, 0.2) is 33.0 Å². The lowest BCUT2D eigenvalue weighted by Gasteiger charge is -2.50. The molecule has 8 rings (SSSR count). The van der Waals surface area contributed by atoms with Gasteiger partial charge in [-0.15, -0.1) is 23.2 Å². The van der Waals surface area contributed by atoms with Gasteiger partial charge >= 0.3 is 7.12 Å². The summed E-state index contributed by atoms with van der Waals surface area (Å²) in [5.41, 5.74) is -1.90. The second-order valence-corrected chi connectivity index (χ2v) is 14.6. The standard InChI is InChI=1S/C36H22BCl2F5N2O7/c38-35-13-21-18(10-11-19-22(21)32(49)45(31(19)48)16-6-3-5-15(12-16)37(52)53)23(20-9-8-14-4-1-2-7-17(14)30(20)47)36(35,39)34(51)46(33(35)50)29-27(43)25(41)24(40)26(42)28(29)44/h1-10,12,19,21-23,47,52-53H,11,13H2/t19-,21+,22-,23+,35+,36-/m0/s1. The van der Waals surface area contributed by atoms with Crippen LogP contribution in [-0.2, 0) is 19.2 Å². The van der Waals surface area contributed by atoms with Gasteiger partial charge in [0.05, 0.1) is 17.5 Å². The Bertz CT molecular complexity index is 2370. The van der Waals surface area contributed by atoms with Gasteiger partial charge in [0.2, 0.25) is 17.6 Å². The Labute approximate surface area is 305 Å². The molecular formula is C36H22BCl2F5N2O7. The van der Waals surface area contributed by atoms with E-state index >= 15 is 8.78 Å². The first-order valence-corrected chi connectivity index (χ1v) is 16.8. The number of hydrogen-bond donors (Lipinski definition) is 3. The summed E-state index contributed by atoms with van der Waals surface area (Å²) in [6, 6.07) is 14.7. The largest absolute Gasteiger partial charge is 0.507 e. The molecule has 0 radical (unpaired) electrons. The van der Waals surface area contributed by atoms with E-state index in [0.29, 0.717) is 5.39 Å². The molecule has 3 fully saturated rings. The Balaban J connectivity index is 1.34. The van der Waals surface area contributed by atoms with Crippen molar-refractivity contribution in [2.75, 3.05) is 9.80 Å². The summed E-state index contributed by atoms with van der Waals surface area (Å²) in [7, 11) is -1.94. The minimum absolute atomic E-state index is 0.00188. The molecule has 4 aromatic rings. The van der Waals surface area contributed by atoms with Crippen LogP contribution in [-0.4, -0.2) is 55.7 Å². The number of amides is 4. The number of phenols is 1. The molecule has 1 saturated carbocycles. The number of anilines is 2. The Morgan fingerprint density at radius 1 is 0.755 bits per heavy atom. The number of carbonyl (C=O) groups is 4. The summed E-state index contributed by atoms with van der Waals surface area (Å²) < 4.78 is 73.7. The zero-order valence-corrected chi connectivity index (χ0v) is 28.2. The molecule has 0 unspecified atom stereocenters. The number of rotatable bonds is 4. The fourth-order valence-electron chi connectivity index (χ4n) is 8.50. The van der Waals surface area contributed by atoms with Crippen molar-refractivity contribution in [2.24, 2.45) is 17.8 Å². The number of halogens is 7. The van der Waals surface area contributed by atoms with Crippen LogP contribution < -0.4 is 15.3 Å². The van der Waals surface area contributed by atoms with Gasteiger partial charge in [0.25, 0.3) is 11.8 Å².